The molecule has 1 aromatic carbocycles. The highest BCUT2D eigenvalue weighted by molar-refractivity contribution is 5.88. The number of ether oxygens (including phenoxy) is 2. The Morgan fingerprint density at radius 2 is 2.08 bits per heavy atom. The van der Waals surface area contributed by atoms with Crippen LogP contribution in [-0.2, 0) is 14.3 Å². The molecule has 1 saturated heterocycles. The molecule has 0 radical (unpaired) electrons. The monoisotopic (exact) mass is 349 g/mol. The van der Waals surface area contributed by atoms with Crippen LogP contribution < -0.4 is 4.74 Å². The first-order valence-corrected chi connectivity index (χ1v) is 8.86. The van der Waals surface area contributed by atoms with E-state index in [1.165, 1.54) is 13.2 Å². The molecule has 1 N–H and O–H groups in total. The standard InChI is InChI=1S/C19H27NO5/c1-4-6-7-10-20-17(22)12-14(19(23)25-5-2)18(20)13-8-9-15(21)16(11-13)24-3/h8-9,11,14,18,21H,4-7,10,12H2,1-3H3. The van der Waals surface area contributed by atoms with Gasteiger partial charge in [-0.1, -0.05) is 25.8 Å². The summed E-state index contributed by atoms with van der Waals surface area (Å²) < 4.78 is 10.4. The first-order chi connectivity index (χ1) is 12.0. The number of hydrogen-bond donors (Lipinski definition) is 1. The second-order valence-corrected chi connectivity index (χ2v) is 6.23. The molecule has 0 aliphatic carbocycles. The lowest BCUT2D eigenvalue weighted by Crippen LogP contribution is -2.32. The molecule has 2 atom stereocenters. The molecule has 0 bridgehead atoms. The molecule has 1 fully saturated rings. The lowest BCUT2D eigenvalue weighted by Gasteiger charge is -2.28. The number of methoxy groups -OCH3 is 1. The number of phenols is 1. The third kappa shape index (κ3) is 4.24. The summed E-state index contributed by atoms with van der Waals surface area (Å²) in [4.78, 5) is 26.7. The van der Waals surface area contributed by atoms with E-state index in [0.717, 1.165) is 24.8 Å². The van der Waals surface area contributed by atoms with E-state index in [1.807, 2.05) is 0 Å². The molecule has 1 amide bonds. The molecular formula is C19H27NO5. The largest absolute Gasteiger partial charge is 0.504 e. The minimum atomic E-state index is -0.539. The third-order valence-corrected chi connectivity index (χ3v) is 4.57. The van der Waals surface area contributed by atoms with Crippen molar-refractivity contribution >= 4 is 11.9 Å². The van der Waals surface area contributed by atoms with Crippen LogP contribution in [0.5, 0.6) is 11.5 Å². The first-order valence-electron chi connectivity index (χ1n) is 8.86. The Hall–Kier alpha value is -2.24. The van der Waals surface area contributed by atoms with Crippen LogP contribution in [0.3, 0.4) is 0 Å². The molecule has 1 aliphatic rings. The van der Waals surface area contributed by atoms with E-state index in [4.69, 9.17) is 9.47 Å². The molecule has 1 heterocycles. The van der Waals surface area contributed by atoms with Gasteiger partial charge in [0.25, 0.3) is 0 Å². The Labute approximate surface area is 148 Å². The van der Waals surface area contributed by atoms with Gasteiger partial charge in [-0.3, -0.25) is 9.59 Å². The number of hydrogen-bond acceptors (Lipinski definition) is 5. The number of rotatable bonds is 8. The van der Waals surface area contributed by atoms with Crippen molar-refractivity contribution in [3.8, 4) is 11.5 Å². The average Bonchev–Trinajstić information content (AvgIpc) is 2.93. The molecule has 2 rings (SSSR count). The first kappa shape index (κ1) is 19.1. The van der Waals surface area contributed by atoms with Crippen molar-refractivity contribution in [2.45, 2.75) is 45.6 Å². The van der Waals surface area contributed by atoms with E-state index in [0.29, 0.717) is 12.3 Å². The summed E-state index contributed by atoms with van der Waals surface area (Å²) in [5.41, 5.74) is 0.773. The number of likely N-dealkylation sites (tertiary alicyclic amines) is 1. The third-order valence-electron chi connectivity index (χ3n) is 4.57. The number of carbonyl (C=O) groups excluding carboxylic acids is 2. The predicted octanol–water partition coefficient (Wildman–Crippen LogP) is 3.04. The van der Waals surface area contributed by atoms with Crippen molar-refractivity contribution in [3.63, 3.8) is 0 Å². The van der Waals surface area contributed by atoms with Crippen LogP contribution in [0.15, 0.2) is 18.2 Å². The van der Waals surface area contributed by atoms with Crippen molar-refractivity contribution in [3.05, 3.63) is 23.8 Å². The molecule has 6 nitrogen and oxygen atoms in total. The minimum Gasteiger partial charge on any atom is -0.504 e. The van der Waals surface area contributed by atoms with Gasteiger partial charge >= 0.3 is 5.97 Å². The molecule has 1 aliphatic heterocycles. The Kier molecular flexibility index (Phi) is 6.67. The topological polar surface area (TPSA) is 76.1 Å². The number of aromatic hydroxyl groups is 1. The van der Waals surface area contributed by atoms with Gasteiger partial charge in [0, 0.05) is 13.0 Å². The highest BCUT2D eigenvalue weighted by Crippen LogP contribution is 2.41. The van der Waals surface area contributed by atoms with Crippen LogP contribution in [0, 0.1) is 5.92 Å². The lowest BCUT2D eigenvalue weighted by molar-refractivity contribution is -0.149. The fourth-order valence-corrected chi connectivity index (χ4v) is 3.34. The van der Waals surface area contributed by atoms with Gasteiger partial charge in [0.2, 0.25) is 5.91 Å². The molecular weight excluding hydrogens is 322 g/mol. The Balaban J connectivity index is 2.35. The highest BCUT2D eigenvalue weighted by Gasteiger charge is 2.45. The second kappa shape index (κ2) is 8.74. The zero-order valence-corrected chi connectivity index (χ0v) is 15.2. The molecule has 2 unspecified atom stereocenters. The van der Waals surface area contributed by atoms with Crippen molar-refractivity contribution in [1.29, 1.82) is 0 Å². The lowest BCUT2D eigenvalue weighted by atomic mass is 9.93. The van der Waals surface area contributed by atoms with Gasteiger partial charge in [0.1, 0.15) is 0 Å². The van der Waals surface area contributed by atoms with E-state index in [9.17, 15) is 14.7 Å². The van der Waals surface area contributed by atoms with Crippen LogP contribution >= 0.6 is 0 Å². The number of nitrogens with zero attached hydrogens (tertiary/aromatic N) is 1. The fraction of sp³-hybridized carbons (Fsp3) is 0.579. The van der Waals surface area contributed by atoms with Crippen molar-refractivity contribution in [1.82, 2.24) is 4.90 Å². The normalized spacial score (nSPS) is 20.0. The Bertz CT molecular complexity index is 616. The molecule has 1 aromatic rings. The summed E-state index contributed by atoms with van der Waals surface area (Å²) in [5.74, 6) is -0.575. The number of benzene rings is 1. The van der Waals surface area contributed by atoms with Gasteiger partial charge in [0.05, 0.1) is 25.7 Å². The van der Waals surface area contributed by atoms with Crippen LogP contribution in [0.4, 0.5) is 0 Å². The van der Waals surface area contributed by atoms with Gasteiger partial charge in [-0.25, -0.2) is 0 Å². The minimum absolute atomic E-state index is 0.0285. The van der Waals surface area contributed by atoms with E-state index < -0.39 is 12.0 Å². The summed E-state index contributed by atoms with van der Waals surface area (Å²) in [5, 5.41) is 9.83. The average molecular weight is 349 g/mol. The molecule has 25 heavy (non-hydrogen) atoms. The van der Waals surface area contributed by atoms with Gasteiger partial charge < -0.3 is 19.5 Å². The zero-order chi connectivity index (χ0) is 18.4. The smallest absolute Gasteiger partial charge is 0.311 e. The Morgan fingerprint density at radius 1 is 1.32 bits per heavy atom. The van der Waals surface area contributed by atoms with E-state index in [1.54, 1.807) is 24.0 Å². The van der Waals surface area contributed by atoms with Gasteiger partial charge in [-0.05, 0) is 31.0 Å². The van der Waals surface area contributed by atoms with Crippen LogP contribution in [-0.4, -0.2) is 42.1 Å². The van der Waals surface area contributed by atoms with E-state index in [2.05, 4.69) is 6.92 Å². The maximum absolute atomic E-state index is 12.5. The number of carbonyl (C=O) groups is 2. The van der Waals surface area contributed by atoms with E-state index >= 15 is 0 Å². The second-order valence-electron chi connectivity index (χ2n) is 6.23. The quantitative estimate of drug-likeness (QED) is 0.577. The van der Waals surface area contributed by atoms with Gasteiger partial charge in [0.15, 0.2) is 11.5 Å². The van der Waals surface area contributed by atoms with Crippen molar-refractivity contribution < 1.29 is 24.2 Å². The molecule has 0 aromatic heterocycles. The van der Waals surface area contributed by atoms with Gasteiger partial charge in [-0.2, -0.15) is 0 Å². The van der Waals surface area contributed by atoms with Crippen molar-refractivity contribution in [2.75, 3.05) is 20.3 Å². The van der Waals surface area contributed by atoms with Crippen LogP contribution in [0.25, 0.3) is 0 Å². The number of phenolic OH excluding ortho intramolecular Hbond substituents is 1. The van der Waals surface area contributed by atoms with Crippen LogP contribution in [0.1, 0.15) is 51.1 Å². The molecule has 6 heteroatoms. The number of amides is 1. The highest BCUT2D eigenvalue weighted by atomic mass is 16.5. The van der Waals surface area contributed by atoms with Crippen molar-refractivity contribution in [2.24, 2.45) is 5.92 Å². The van der Waals surface area contributed by atoms with Crippen LogP contribution in [0.2, 0.25) is 0 Å². The molecule has 138 valence electrons. The summed E-state index contributed by atoms with van der Waals surface area (Å²) in [6.07, 6.45) is 3.13. The number of esters is 1. The number of unbranched alkanes of at least 4 members (excludes halogenated alkanes) is 2. The summed E-state index contributed by atoms with van der Waals surface area (Å²) >= 11 is 0. The fourth-order valence-electron chi connectivity index (χ4n) is 3.34. The maximum atomic E-state index is 12.5. The zero-order valence-electron chi connectivity index (χ0n) is 15.2. The summed E-state index contributed by atoms with van der Waals surface area (Å²) in [7, 11) is 1.47. The molecule has 0 spiro atoms. The van der Waals surface area contributed by atoms with Gasteiger partial charge in [-0.15, -0.1) is 0 Å². The summed E-state index contributed by atoms with van der Waals surface area (Å²) in [6, 6.07) is 4.57. The summed E-state index contributed by atoms with van der Waals surface area (Å²) in [6.45, 7) is 4.75. The predicted molar refractivity (Wildman–Crippen MR) is 93.4 cm³/mol. The maximum Gasteiger partial charge on any atom is 0.311 e. The Morgan fingerprint density at radius 3 is 2.72 bits per heavy atom. The van der Waals surface area contributed by atoms with E-state index in [-0.39, 0.29) is 30.7 Å². The SMILES string of the molecule is CCCCCN1C(=O)CC(C(=O)OCC)C1c1ccc(O)c(OC)c1. The molecule has 0 saturated carbocycles.